The van der Waals surface area contributed by atoms with Crippen LogP contribution < -0.4 is 10.1 Å². The molecule has 0 bridgehead atoms. The summed E-state index contributed by atoms with van der Waals surface area (Å²) in [5.74, 6) is 1.44. The first kappa shape index (κ1) is 18.3. The molecule has 1 N–H and O–H groups in total. The van der Waals surface area contributed by atoms with Gasteiger partial charge >= 0.3 is 6.03 Å². The molecule has 2 aliphatic heterocycles. The zero-order valence-electron chi connectivity index (χ0n) is 16.2. The normalized spacial score (nSPS) is 31.6. The topological polar surface area (TPSA) is 61.9 Å². The van der Waals surface area contributed by atoms with E-state index in [4.69, 9.17) is 4.74 Å². The third-order valence-corrected chi connectivity index (χ3v) is 6.56. The standard InChI is InChI=1S/C21H29N3O3/c1-15-9-11-21(12-10-15)19(25)24(20(26)22-21)14-23-13-3-4-18(23)16-5-7-17(27-2)8-6-16/h5-8,15,18H,3-4,9-14H2,1-2H3,(H,22,26)/t15?,18-,21?/m0/s1. The average molecular weight is 371 g/mol. The van der Waals surface area contributed by atoms with Gasteiger partial charge in [0.05, 0.1) is 13.8 Å². The molecular formula is C21H29N3O3. The van der Waals surface area contributed by atoms with Gasteiger partial charge in [-0.25, -0.2) is 9.69 Å². The number of carbonyl (C=O) groups is 2. The Hall–Kier alpha value is -2.08. The lowest BCUT2D eigenvalue weighted by Gasteiger charge is -2.34. The van der Waals surface area contributed by atoms with Crippen molar-refractivity contribution in [3.05, 3.63) is 29.8 Å². The fraction of sp³-hybridized carbons (Fsp3) is 0.619. The maximum atomic E-state index is 13.1. The molecule has 2 saturated heterocycles. The molecule has 1 spiro atoms. The second-order valence-corrected chi connectivity index (χ2v) is 8.31. The van der Waals surface area contributed by atoms with Crippen molar-refractivity contribution in [2.75, 3.05) is 20.3 Å². The summed E-state index contributed by atoms with van der Waals surface area (Å²) in [6, 6.07) is 8.11. The van der Waals surface area contributed by atoms with E-state index >= 15 is 0 Å². The highest BCUT2D eigenvalue weighted by molar-refractivity contribution is 6.07. The van der Waals surface area contributed by atoms with Gasteiger partial charge in [0.1, 0.15) is 11.3 Å². The number of ether oxygens (including phenoxy) is 1. The van der Waals surface area contributed by atoms with Crippen molar-refractivity contribution in [3.63, 3.8) is 0 Å². The van der Waals surface area contributed by atoms with E-state index in [1.54, 1.807) is 7.11 Å². The molecule has 3 amide bonds. The van der Waals surface area contributed by atoms with Crippen LogP contribution in [0.5, 0.6) is 5.75 Å². The number of rotatable bonds is 4. The molecule has 1 aromatic rings. The van der Waals surface area contributed by atoms with E-state index in [2.05, 4.69) is 29.3 Å². The number of benzene rings is 1. The molecule has 6 nitrogen and oxygen atoms in total. The van der Waals surface area contributed by atoms with Crippen LogP contribution in [0, 0.1) is 5.92 Å². The summed E-state index contributed by atoms with van der Waals surface area (Å²) < 4.78 is 5.25. The molecule has 4 rings (SSSR count). The predicted molar refractivity (Wildman–Crippen MR) is 102 cm³/mol. The fourth-order valence-electron chi connectivity index (χ4n) is 4.78. The Labute approximate surface area is 160 Å². The zero-order chi connectivity index (χ0) is 19.0. The van der Waals surface area contributed by atoms with E-state index in [0.717, 1.165) is 50.8 Å². The number of carbonyl (C=O) groups excluding carboxylic acids is 2. The molecule has 146 valence electrons. The lowest BCUT2D eigenvalue weighted by Crippen LogP contribution is -2.50. The van der Waals surface area contributed by atoms with Crippen molar-refractivity contribution in [1.82, 2.24) is 15.1 Å². The average Bonchev–Trinajstić information content (AvgIpc) is 3.23. The minimum Gasteiger partial charge on any atom is -0.497 e. The molecular weight excluding hydrogens is 342 g/mol. The summed E-state index contributed by atoms with van der Waals surface area (Å²) >= 11 is 0. The Balaban J connectivity index is 1.47. The molecule has 3 fully saturated rings. The monoisotopic (exact) mass is 371 g/mol. The Kier molecular flexibility index (Phi) is 4.84. The van der Waals surface area contributed by atoms with Gasteiger partial charge in [0.25, 0.3) is 5.91 Å². The van der Waals surface area contributed by atoms with Crippen molar-refractivity contribution in [2.45, 2.75) is 57.0 Å². The number of hydrogen-bond donors (Lipinski definition) is 1. The summed E-state index contributed by atoms with van der Waals surface area (Å²) in [5, 5.41) is 3.03. The van der Waals surface area contributed by atoms with E-state index in [9.17, 15) is 9.59 Å². The molecule has 1 aliphatic carbocycles. The van der Waals surface area contributed by atoms with Gasteiger partial charge in [-0.2, -0.15) is 0 Å². The molecule has 1 atom stereocenters. The summed E-state index contributed by atoms with van der Waals surface area (Å²) in [6.07, 6.45) is 5.63. The van der Waals surface area contributed by atoms with Crippen molar-refractivity contribution in [3.8, 4) is 5.75 Å². The number of hydrogen-bond acceptors (Lipinski definition) is 4. The molecule has 1 aromatic carbocycles. The van der Waals surface area contributed by atoms with Gasteiger partial charge in [-0.05, 0) is 62.1 Å². The third kappa shape index (κ3) is 3.31. The number of nitrogens with one attached hydrogen (secondary N) is 1. The van der Waals surface area contributed by atoms with Crippen LogP contribution in [-0.2, 0) is 4.79 Å². The number of nitrogens with zero attached hydrogens (tertiary/aromatic N) is 2. The summed E-state index contributed by atoms with van der Waals surface area (Å²) in [4.78, 5) is 29.4. The van der Waals surface area contributed by atoms with E-state index in [1.807, 2.05) is 12.1 Å². The number of imide groups is 1. The third-order valence-electron chi connectivity index (χ3n) is 6.56. The van der Waals surface area contributed by atoms with Crippen LogP contribution in [-0.4, -0.2) is 47.6 Å². The van der Waals surface area contributed by atoms with Crippen molar-refractivity contribution >= 4 is 11.9 Å². The van der Waals surface area contributed by atoms with Crippen LogP contribution >= 0.6 is 0 Å². The van der Waals surface area contributed by atoms with Crippen molar-refractivity contribution in [2.24, 2.45) is 5.92 Å². The molecule has 3 aliphatic rings. The molecule has 0 radical (unpaired) electrons. The van der Waals surface area contributed by atoms with Gasteiger partial charge in [0.2, 0.25) is 0 Å². The zero-order valence-corrected chi connectivity index (χ0v) is 16.2. The van der Waals surface area contributed by atoms with Gasteiger partial charge in [-0.3, -0.25) is 9.69 Å². The first-order valence-corrected chi connectivity index (χ1v) is 10.0. The van der Waals surface area contributed by atoms with Crippen molar-refractivity contribution in [1.29, 1.82) is 0 Å². The highest BCUT2D eigenvalue weighted by Gasteiger charge is 2.52. The Morgan fingerprint density at radius 2 is 1.85 bits per heavy atom. The maximum absolute atomic E-state index is 13.1. The summed E-state index contributed by atoms with van der Waals surface area (Å²) in [5.41, 5.74) is 0.556. The minimum absolute atomic E-state index is 0.0280. The molecule has 0 aromatic heterocycles. The van der Waals surface area contributed by atoms with Crippen LogP contribution in [0.15, 0.2) is 24.3 Å². The summed E-state index contributed by atoms with van der Waals surface area (Å²) in [7, 11) is 1.66. The first-order valence-electron chi connectivity index (χ1n) is 10.0. The number of amides is 3. The molecule has 6 heteroatoms. The second-order valence-electron chi connectivity index (χ2n) is 8.31. The number of methoxy groups -OCH3 is 1. The van der Waals surface area contributed by atoms with E-state index in [-0.39, 0.29) is 18.0 Å². The Morgan fingerprint density at radius 1 is 1.15 bits per heavy atom. The van der Waals surface area contributed by atoms with E-state index < -0.39 is 5.54 Å². The van der Waals surface area contributed by atoms with Gasteiger partial charge < -0.3 is 10.1 Å². The molecule has 0 unspecified atom stereocenters. The van der Waals surface area contributed by atoms with E-state index in [1.165, 1.54) is 10.5 Å². The predicted octanol–water partition coefficient (Wildman–Crippen LogP) is 3.29. The van der Waals surface area contributed by atoms with Crippen LogP contribution in [0.2, 0.25) is 0 Å². The second kappa shape index (κ2) is 7.15. The molecule has 1 saturated carbocycles. The Bertz CT molecular complexity index is 710. The largest absolute Gasteiger partial charge is 0.497 e. The van der Waals surface area contributed by atoms with Gasteiger partial charge in [0, 0.05) is 12.6 Å². The van der Waals surface area contributed by atoms with Crippen LogP contribution in [0.4, 0.5) is 4.79 Å². The van der Waals surface area contributed by atoms with E-state index in [0.29, 0.717) is 12.6 Å². The highest BCUT2D eigenvalue weighted by atomic mass is 16.5. The first-order chi connectivity index (χ1) is 13.0. The molecule has 2 heterocycles. The van der Waals surface area contributed by atoms with Crippen LogP contribution in [0.1, 0.15) is 57.1 Å². The van der Waals surface area contributed by atoms with Gasteiger partial charge in [-0.1, -0.05) is 19.1 Å². The highest BCUT2D eigenvalue weighted by Crippen LogP contribution is 2.38. The van der Waals surface area contributed by atoms with Gasteiger partial charge in [-0.15, -0.1) is 0 Å². The number of likely N-dealkylation sites (tertiary alicyclic amines) is 1. The summed E-state index contributed by atoms with van der Waals surface area (Å²) in [6.45, 7) is 3.49. The van der Waals surface area contributed by atoms with Crippen LogP contribution in [0.3, 0.4) is 0 Å². The quantitative estimate of drug-likeness (QED) is 0.825. The van der Waals surface area contributed by atoms with Crippen LogP contribution in [0.25, 0.3) is 0 Å². The Morgan fingerprint density at radius 3 is 2.52 bits per heavy atom. The lowest BCUT2D eigenvalue weighted by molar-refractivity contribution is -0.134. The smallest absolute Gasteiger partial charge is 0.326 e. The lowest BCUT2D eigenvalue weighted by atomic mass is 9.77. The van der Waals surface area contributed by atoms with Gasteiger partial charge in [0.15, 0.2) is 0 Å². The van der Waals surface area contributed by atoms with Crippen molar-refractivity contribution < 1.29 is 14.3 Å². The fourth-order valence-corrected chi connectivity index (χ4v) is 4.78. The SMILES string of the molecule is COc1ccc([C@@H]2CCCN2CN2C(=O)NC3(CCC(C)CC3)C2=O)cc1. The molecule has 27 heavy (non-hydrogen) atoms. The number of urea groups is 1. The maximum Gasteiger partial charge on any atom is 0.326 e. The minimum atomic E-state index is -0.654.